The topological polar surface area (TPSA) is 203 Å². The highest BCUT2D eigenvalue weighted by atomic mass is 35.5. The molecular weight excluding hydrogens is 709 g/mol. The van der Waals surface area contributed by atoms with E-state index >= 15 is 0 Å². The summed E-state index contributed by atoms with van der Waals surface area (Å²) < 4.78 is 40.4. The zero-order chi connectivity index (χ0) is 35.3. The van der Waals surface area contributed by atoms with Crippen LogP contribution >= 0.6 is 31.1 Å². The number of para-hydroxylation sites is 1. The van der Waals surface area contributed by atoms with Gasteiger partial charge in [0.2, 0.25) is 11.7 Å². The number of nitrogens with zero attached hydrogens (tertiary/aromatic N) is 3. The first-order chi connectivity index (χ1) is 24.2. The second-order valence-corrected chi connectivity index (χ2v) is 14.9. The number of benzene rings is 2. The number of aromatic nitrogens is 5. The lowest BCUT2D eigenvalue weighted by molar-refractivity contribution is -0.746. The number of thioether (sulfide) groups is 1. The van der Waals surface area contributed by atoms with E-state index < -0.39 is 37.8 Å². The first kappa shape index (κ1) is 36.4. The van der Waals surface area contributed by atoms with Gasteiger partial charge in [-0.2, -0.15) is 11.8 Å². The summed E-state index contributed by atoms with van der Waals surface area (Å²) in [4.78, 5) is 23.0. The van der Waals surface area contributed by atoms with Gasteiger partial charge < -0.3 is 30.4 Å². The molecule has 15 nitrogen and oxygen atoms in total. The van der Waals surface area contributed by atoms with Crippen LogP contribution in [0, 0.1) is 0 Å². The van der Waals surface area contributed by atoms with Crippen molar-refractivity contribution in [1.29, 1.82) is 0 Å². The van der Waals surface area contributed by atoms with Crippen molar-refractivity contribution in [3.8, 4) is 5.75 Å². The highest BCUT2D eigenvalue weighted by molar-refractivity contribution is 7.98. The molecule has 5 atom stereocenters. The van der Waals surface area contributed by atoms with Gasteiger partial charge in [-0.3, -0.25) is 23.4 Å². The van der Waals surface area contributed by atoms with Crippen molar-refractivity contribution in [3.63, 3.8) is 0 Å². The van der Waals surface area contributed by atoms with Crippen molar-refractivity contribution >= 4 is 59.1 Å². The average molecular weight is 749 g/mol. The first-order valence-corrected chi connectivity index (χ1v) is 19.3. The molecule has 1 aliphatic rings. The highest BCUT2D eigenvalue weighted by Gasteiger charge is 2.48. The minimum atomic E-state index is -3.87. The second-order valence-electron chi connectivity index (χ2n) is 11.7. The molecule has 0 saturated carbocycles. The SMILES string of the molecule is CSCCCOP(=O)(NCCc1c[nH]c2ccccc12)OC[C@H]1O[C@@H]([n+]2cn(CCOc3ccc(Cl)cc3)c3c(=O)[nH]c(N)nc32)[C@H](O)[C@@H]1O. The van der Waals surface area contributed by atoms with Gasteiger partial charge in [0.25, 0.3) is 11.5 Å². The number of aromatic amines is 2. The van der Waals surface area contributed by atoms with Crippen molar-refractivity contribution in [1.82, 2.24) is 24.6 Å². The maximum absolute atomic E-state index is 13.9. The Morgan fingerprint density at radius 3 is 2.76 bits per heavy atom. The van der Waals surface area contributed by atoms with Gasteiger partial charge >= 0.3 is 13.4 Å². The number of anilines is 1. The molecule has 0 aliphatic carbocycles. The van der Waals surface area contributed by atoms with Crippen molar-refractivity contribution in [2.24, 2.45) is 0 Å². The quantitative estimate of drug-likeness (QED) is 0.0462. The lowest BCUT2D eigenvalue weighted by atomic mass is 10.1. The van der Waals surface area contributed by atoms with Crippen LogP contribution in [-0.4, -0.2) is 86.4 Å². The second kappa shape index (κ2) is 16.3. The van der Waals surface area contributed by atoms with Gasteiger partial charge in [0.15, 0.2) is 6.33 Å². The van der Waals surface area contributed by atoms with E-state index in [0.717, 1.165) is 22.2 Å². The molecule has 18 heteroatoms. The van der Waals surface area contributed by atoms with E-state index in [1.54, 1.807) is 40.6 Å². The Hall–Kier alpha value is -3.44. The van der Waals surface area contributed by atoms with Crippen molar-refractivity contribution < 1.29 is 37.9 Å². The molecule has 7 N–H and O–H groups in total. The number of hydrogen-bond acceptors (Lipinski definition) is 11. The zero-order valence-electron chi connectivity index (χ0n) is 27.2. The molecule has 0 amide bonds. The Morgan fingerprint density at radius 2 is 1.96 bits per heavy atom. The predicted molar refractivity (Wildman–Crippen MR) is 190 cm³/mol. The number of fused-ring (bicyclic) bond motifs is 2. The maximum Gasteiger partial charge on any atom is 0.405 e. The fourth-order valence-electron chi connectivity index (χ4n) is 5.77. The summed E-state index contributed by atoms with van der Waals surface area (Å²) in [5.41, 5.74) is 7.70. The first-order valence-electron chi connectivity index (χ1n) is 16.0. The average Bonchev–Trinajstić information content (AvgIpc) is 3.76. The highest BCUT2D eigenvalue weighted by Crippen LogP contribution is 2.45. The molecule has 1 aliphatic heterocycles. The third-order valence-electron chi connectivity index (χ3n) is 8.25. The number of rotatable bonds is 17. The van der Waals surface area contributed by atoms with Crippen LogP contribution in [0.5, 0.6) is 5.75 Å². The van der Waals surface area contributed by atoms with Crippen LogP contribution in [-0.2, 0) is 31.3 Å². The van der Waals surface area contributed by atoms with Crippen LogP contribution in [0.1, 0.15) is 18.2 Å². The van der Waals surface area contributed by atoms with E-state index in [-0.39, 0.29) is 43.5 Å². The maximum atomic E-state index is 13.9. The van der Waals surface area contributed by atoms with Gasteiger partial charge in [0, 0.05) is 28.7 Å². The van der Waals surface area contributed by atoms with Crippen LogP contribution in [0.15, 0.2) is 65.8 Å². The van der Waals surface area contributed by atoms with E-state index in [1.165, 1.54) is 10.9 Å². The van der Waals surface area contributed by atoms with Gasteiger partial charge in [0.05, 0.1) is 13.2 Å². The number of aliphatic hydroxyl groups is 2. The van der Waals surface area contributed by atoms with E-state index in [1.807, 2.05) is 36.7 Å². The minimum Gasteiger partial charge on any atom is -0.490 e. The molecule has 1 unspecified atom stereocenters. The van der Waals surface area contributed by atoms with Crippen molar-refractivity contribution in [2.45, 2.75) is 43.9 Å². The van der Waals surface area contributed by atoms with Crippen molar-refractivity contribution in [3.05, 3.63) is 82.0 Å². The number of aliphatic hydroxyl groups excluding tert-OH is 2. The molecule has 0 spiro atoms. The number of nitrogens with two attached hydrogens (primary N) is 1. The number of hydrogen-bond donors (Lipinski definition) is 6. The number of nitrogen functional groups attached to an aromatic ring is 1. The monoisotopic (exact) mass is 748 g/mol. The molecule has 0 radical (unpaired) electrons. The van der Waals surface area contributed by atoms with Gasteiger partial charge in [0.1, 0.15) is 37.2 Å². The summed E-state index contributed by atoms with van der Waals surface area (Å²) in [6, 6.07) is 14.8. The van der Waals surface area contributed by atoms with Crippen LogP contribution < -0.4 is 25.7 Å². The number of H-pyrrole nitrogens is 2. The van der Waals surface area contributed by atoms with Crippen LogP contribution in [0.4, 0.5) is 5.95 Å². The van der Waals surface area contributed by atoms with Crippen molar-refractivity contribution in [2.75, 3.05) is 44.1 Å². The minimum absolute atomic E-state index is 0.123. The number of halogens is 1. The van der Waals surface area contributed by atoms with Gasteiger partial charge in [-0.05, 0) is 60.7 Å². The fourth-order valence-corrected chi connectivity index (χ4v) is 7.66. The third kappa shape index (κ3) is 8.36. The van der Waals surface area contributed by atoms with Gasteiger partial charge in [-0.25, -0.2) is 14.2 Å². The van der Waals surface area contributed by atoms with E-state index in [2.05, 4.69) is 20.0 Å². The number of nitrogens with one attached hydrogen (secondary N) is 3. The van der Waals surface area contributed by atoms with Gasteiger partial charge in [-0.1, -0.05) is 34.8 Å². The summed E-state index contributed by atoms with van der Waals surface area (Å²) >= 11 is 7.60. The van der Waals surface area contributed by atoms with Crippen LogP contribution in [0.25, 0.3) is 22.1 Å². The molecule has 1 fully saturated rings. The van der Waals surface area contributed by atoms with E-state index in [4.69, 9.17) is 35.9 Å². The molecule has 1 saturated heterocycles. The normalized spacial score (nSPS) is 20.5. The molecule has 268 valence electrons. The van der Waals surface area contributed by atoms with E-state index in [9.17, 15) is 19.6 Å². The lowest BCUT2D eigenvalue weighted by Gasteiger charge is -2.22. The molecule has 0 bridgehead atoms. The molecule has 6 rings (SSSR count). The standard InChI is InChI=1S/C32H39ClN7O8PS/c1-50-16-4-14-46-49(44,36-12-11-20-17-35-24-6-3-2-5-23(20)24)47-18-25-27(41)28(42)31(48-25)40-19-39(26-29(40)37-32(34)38-30(26)43)13-15-45-22-9-7-21(33)8-10-22/h2-3,5-10,17,19,25,27-28,31,35,41-42H,4,11-16,18H2,1H3,(H3-,34,36,37,38,43,44)/p+1/t25-,27-,28-,31-,49?/m1/s1. The Morgan fingerprint density at radius 1 is 1.16 bits per heavy atom. The summed E-state index contributed by atoms with van der Waals surface area (Å²) in [6.07, 6.45) is 1.44. The molecule has 2 aromatic carbocycles. The Kier molecular flexibility index (Phi) is 11.8. The largest absolute Gasteiger partial charge is 0.490 e. The smallest absolute Gasteiger partial charge is 0.405 e. The van der Waals surface area contributed by atoms with E-state index in [0.29, 0.717) is 30.2 Å². The van der Waals surface area contributed by atoms with Crippen LogP contribution in [0.3, 0.4) is 0 Å². The molecule has 3 aromatic heterocycles. The Labute approximate surface area is 296 Å². The Balaban J connectivity index is 1.15. The summed E-state index contributed by atoms with van der Waals surface area (Å²) in [5, 5.41) is 26.8. The number of imidazole rings is 1. The molecule has 50 heavy (non-hydrogen) atoms. The summed E-state index contributed by atoms with van der Waals surface area (Å²) in [7, 11) is -3.87. The third-order valence-corrected chi connectivity index (χ3v) is 10.8. The lowest BCUT2D eigenvalue weighted by Crippen LogP contribution is -2.46. The van der Waals surface area contributed by atoms with Gasteiger partial charge in [-0.15, -0.1) is 0 Å². The molecular formula is C32H40ClN7O8PS+. The number of ether oxygens (including phenoxy) is 2. The molecule has 5 aromatic rings. The molecule has 4 heterocycles. The predicted octanol–water partition coefficient (Wildman–Crippen LogP) is 3.15. The summed E-state index contributed by atoms with van der Waals surface area (Å²) in [5.74, 6) is 1.26. The van der Waals surface area contributed by atoms with Crippen LogP contribution in [0.2, 0.25) is 5.02 Å². The summed E-state index contributed by atoms with van der Waals surface area (Å²) in [6.45, 7) is 0.525. The zero-order valence-corrected chi connectivity index (χ0v) is 29.7. The Bertz CT molecular complexity index is 2010. The fraction of sp³-hybridized carbons (Fsp3) is 0.406.